The molecule has 1 aliphatic heterocycles. The van der Waals surface area contributed by atoms with Gasteiger partial charge in [-0.25, -0.2) is 8.42 Å². The Morgan fingerprint density at radius 1 is 1.14 bits per heavy atom. The summed E-state index contributed by atoms with van der Waals surface area (Å²) < 4.78 is 27.7. The first-order valence-corrected chi connectivity index (χ1v) is 11.8. The number of benzene rings is 1. The van der Waals surface area contributed by atoms with E-state index in [9.17, 15) is 18.3 Å². The summed E-state index contributed by atoms with van der Waals surface area (Å²) >= 11 is 6.20. The zero-order valence-corrected chi connectivity index (χ0v) is 18.0. The lowest BCUT2D eigenvalue weighted by Crippen LogP contribution is -2.42. The average molecular weight is 429 g/mol. The SMILES string of the molecule is C[C@@H]1C[C@H](C)CN(S(=O)(=O)c2ccc(Cl)c(C(=O)NC3CCC(O)CC3)c2)C1. The Bertz CT molecular complexity index is 811. The molecule has 0 aromatic heterocycles. The number of carbonyl (C=O) groups excluding carboxylic acids is 1. The molecule has 1 aliphatic carbocycles. The van der Waals surface area contributed by atoms with Crippen molar-refractivity contribution in [1.82, 2.24) is 9.62 Å². The molecule has 8 heteroatoms. The van der Waals surface area contributed by atoms with E-state index in [-0.39, 0.29) is 33.5 Å². The van der Waals surface area contributed by atoms with E-state index in [0.717, 1.165) is 6.42 Å². The smallest absolute Gasteiger partial charge is 0.253 e. The number of aliphatic hydroxyl groups excluding tert-OH is 1. The molecule has 0 unspecified atom stereocenters. The van der Waals surface area contributed by atoms with Crippen molar-refractivity contribution in [2.24, 2.45) is 11.8 Å². The lowest BCUT2D eigenvalue weighted by molar-refractivity contribution is 0.0867. The maximum Gasteiger partial charge on any atom is 0.253 e. The van der Waals surface area contributed by atoms with Gasteiger partial charge in [0, 0.05) is 19.1 Å². The quantitative estimate of drug-likeness (QED) is 0.771. The largest absolute Gasteiger partial charge is 0.393 e. The molecule has 0 spiro atoms. The Morgan fingerprint density at radius 3 is 2.36 bits per heavy atom. The standard InChI is InChI=1S/C20H29ClN2O4S/c1-13-9-14(2)12-23(11-13)28(26,27)17-7-8-19(21)18(10-17)20(25)22-15-3-5-16(24)6-4-15/h7-8,10,13-16,24H,3-6,9,11-12H2,1-2H3,(H,22,25)/t13-,14+,15?,16?. The second kappa shape index (κ2) is 8.69. The van der Waals surface area contributed by atoms with Gasteiger partial charge in [0.25, 0.3) is 5.91 Å². The lowest BCUT2D eigenvalue weighted by Gasteiger charge is -2.34. The number of nitrogens with zero attached hydrogens (tertiary/aromatic N) is 1. The van der Waals surface area contributed by atoms with Crippen LogP contribution in [0.15, 0.2) is 23.1 Å². The van der Waals surface area contributed by atoms with Gasteiger partial charge in [-0.05, 0) is 62.1 Å². The van der Waals surface area contributed by atoms with Crippen LogP contribution in [-0.4, -0.2) is 49.0 Å². The van der Waals surface area contributed by atoms with Crippen molar-refractivity contribution >= 4 is 27.5 Å². The number of halogens is 1. The summed E-state index contributed by atoms with van der Waals surface area (Å²) in [7, 11) is -3.68. The number of sulfonamides is 1. The summed E-state index contributed by atoms with van der Waals surface area (Å²) in [4.78, 5) is 12.8. The van der Waals surface area contributed by atoms with Crippen LogP contribution in [0.5, 0.6) is 0 Å². The fourth-order valence-electron chi connectivity index (χ4n) is 4.27. The molecule has 2 aliphatic rings. The number of piperidine rings is 1. The zero-order valence-electron chi connectivity index (χ0n) is 16.4. The highest BCUT2D eigenvalue weighted by Crippen LogP contribution is 2.29. The fourth-order valence-corrected chi connectivity index (χ4v) is 6.18. The molecule has 28 heavy (non-hydrogen) atoms. The van der Waals surface area contributed by atoms with Crippen molar-refractivity contribution in [3.8, 4) is 0 Å². The Labute approximate surface area is 172 Å². The molecule has 2 N–H and O–H groups in total. The highest BCUT2D eigenvalue weighted by atomic mass is 35.5. The van der Waals surface area contributed by atoms with Gasteiger partial charge < -0.3 is 10.4 Å². The molecular weight excluding hydrogens is 400 g/mol. The van der Waals surface area contributed by atoms with Gasteiger partial charge >= 0.3 is 0 Å². The maximum absolute atomic E-state index is 13.1. The number of hydrogen-bond acceptors (Lipinski definition) is 4. The average Bonchev–Trinajstić information content (AvgIpc) is 2.63. The van der Waals surface area contributed by atoms with Crippen molar-refractivity contribution in [2.75, 3.05) is 13.1 Å². The fraction of sp³-hybridized carbons (Fsp3) is 0.650. The second-order valence-corrected chi connectivity index (χ2v) is 10.7. The Balaban J connectivity index is 1.79. The zero-order chi connectivity index (χ0) is 20.5. The van der Waals surface area contributed by atoms with E-state index in [1.807, 2.05) is 0 Å². The summed E-state index contributed by atoms with van der Waals surface area (Å²) in [6.45, 7) is 5.09. The Hall–Kier alpha value is -1.15. The molecule has 156 valence electrons. The van der Waals surface area contributed by atoms with Crippen LogP contribution >= 0.6 is 11.6 Å². The van der Waals surface area contributed by atoms with Crippen LogP contribution in [0.1, 0.15) is 56.3 Å². The third-order valence-corrected chi connectivity index (χ3v) is 7.84. The predicted octanol–water partition coefficient (Wildman–Crippen LogP) is 3.04. The number of aliphatic hydroxyl groups is 1. The summed E-state index contributed by atoms with van der Waals surface area (Å²) in [5.74, 6) is 0.231. The van der Waals surface area contributed by atoms with Crippen molar-refractivity contribution in [3.05, 3.63) is 28.8 Å². The van der Waals surface area contributed by atoms with E-state index >= 15 is 0 Å². The molecule has 1 aromatic carbocycles. The molecule has 0 bridgehead atoms. The van der Waals surface area contributed by atoms with Crippen LogP contribution in [0.2, 0.25) is 5.02 Å². The van der Waals surface area contributed by atoms with Crippen molar-refractivity contribution in [1.29, 1.82) is 0 Å². The minimum absolute atomic E-state index is 0.0315. The summed E-state index contributed by atoms with van der Waals surface area (Å²) in [6, 6.07) is 4.30. The normalized spacial score (nSPS) is 29.4. The molecule has 1 saturated carbocycles. The van der Waals surface area contributed by atoms with Gasteiger partial charge in [0.1, 0.15) is 0 Å². The van der Waals surface area contributed by atoms with Gasteiger partial charge in [-0.2, -0.15) is 4.31 Å². The van der Waals surface area contributed by atoms with Gasteiger partial charge in [0.2, 0.25) is 10.0 Å². The first-order chi connectivity index (χ1) is 13.2. The number of rotatable bonds is 4. The van der Waals surface area contributed by atoms with Crippen molar-refractivity contribution in [3.63, 3.8) is 0 Å². The third kappa shape index (κ3) is 4.87. The van der Waals surface area contributed by atoms with Gasteiger partial charge in [0.15, 0.2) is 0 Å². The van der Waals surface area contributed by atoms with Crippen LogP contribution in [-0.2, 0) is 10.0 Å². The molecule has 6 nitrogen and oxygen atoms in total. The Morgan fingerprint density at radius 2 is 1.75 bits per heavy atom. The topological polar surface area (TPSA) is 86.7 Å². The van der Waals surface area contributed by atoms with E-state index < -0.39 is 10.0 Å². The molecule has 1 heterocycles. The minimum atomic E-state index is -3.68. The minimum Gasteiger partial charge on any atom is -0.393 e. The molecule has 0 radical (unpaired) electrons. The lowest BCUT2D eigenvalue weighted by atomic mass is 9.93. The molecular formula is C20H29ClN2O4S. The van der Waals surface area contributed by atoms with Crippen LogP contribution in [0.3, 0.4) is 0 Å². The van der Waals surface area contributed by atoms with Crippen molar-refractivity contribution in [2.45, 2.75) is 63.0 Å². The number of carbonyl (C=O) groups is 1. The monoisotopic (exact) mass is 428 g/mol. The molecule has 1 amide bonds. The van der Waals surface area contributed by atoms with E-state index in [1.54, 1.807) is 0 Å². The van der Waals surface area contributed by atoms with Gasteiger partial charge in [-0.15, -0.1) is 0 Å². The second-order valence-electron chi connectivity index (χ2n) is 8.39. The van der Waals surface area contributed by atoms with Gasteiger partial charge in [-0.1, -0.05) is 25.4 Å². The van der Waals surface area contributed by atoms with E-state index in [0.29, 0.717) is 50.6 Å². The number of amides is 1. The van der Waals surface area contributed by atoms with Crippen LogP contribution in [0, 0.1) is 11.8 Å². The summed E-state index contributed by atoms with van der Waals surface area (Å²) in [5, 5.41) is 12.8. The van der Waals surface area contributed by atoms with E-state index in [4.69, 9.17) is 11.6 Å². The summed E-state index contributed by atoms with van der Waals surface area (Å²) in [5.41, 5.74) is 0.173. The highest BCUT2D eigenvalue weighted by molar-refractivity contribution is 7.89. The van der Waals surface area contributed by atoms with Crippen LogP contribution in [0.4, 0.5) is 0 Å². The molecule has 3 rings (SSSR count). The highest BCUT2D eigenvalue weighted by Gasteiger charge is 2.32. The first kappa shape index (κ1) is 21.6. The number of nitrogens with one attached hydrogen (secondary N) is 1. The van der Waals surface area contributed by atoms with E-state index in [2.05, 4.69) is 19.2 Å². The molecule has 2 atom stereocenters. The first-order valence-electron chi connectivity index (χ1n) is 9.95. The Kier molecular flexibility index (Phi) is 6.69. The van der Waals surface area contributed by atoms with Gasteiger partial charge in [0.05, 0.1) is 21.6 Å². The number of hydrogen-bond donors (Lipinski definition) is 2. The molecule has 1 saturated heterocycles. The summed E-state index contributed by atoms with van der Waals surface area (Å²) in [6.07, 6.45) is 3.41. The van der Waals surface area contributed by atoms with Crippen molar-refractivity contribution < 1.29 is 18.3 Å². The van der Waals surface area contributed by atoms with Crippen LogP contribution in [0.25, 0.3) is 0 Å². The van der Waals surface area contributed by atoms with E-state index in [1.165, 1.54) is 22.5 Å². The molecule has 2 fully saturated rings. The van der Waals surface area contributed by atoms with Gasteiger partial charge in [-0.3, -0.25) is 4.79 Å². The predicted molar refractivity (Wildman–Crippen MR) is 109 cm³/mol. The molecule has 1 aromatic rings. The maximum atomic E-state index is 13.1. The van der Waals surface area contributed by atoms with Crippen LogP contribution < -0.4 is 5.32 Å². The third-order valence-electron chi connectivity index (χ3n) is 5.69.